The van der Waals surface area contributed by atoms with Crippen molar-refractivity contribution in [3.8, 4) is 11.1 Å². The fraction of sp³-hybridized carbons (Fsp3) is 0.368. The third-order valence-corrected chi connectivity index (χ3v) is 6.45. The Morgan fingerprint density at radius 3 is 3.00 bits per heavy atom. The van der Waals surface area contributed by atoms with E-state index >= 15 is 0 Å². The molecule has 2 aromatic carbocycles. The largest absolute Gasteiger partial charge is 0.367 e. The third kappa shape index (κ3) is 1.98. The molecule has 23 heavy (non-hydrogen) atoms. The number of halogens is 2. The molecule has 0 saturated carbocycles. The second-order valence-electron chi connectivity index (χ2n) is 6.78. The summed E-state index contributed by atoms with van der Waals surface area (Å²) in [6.45, 7) is 3.38. The smallest absolute Gasteiger partial charge is 0.0670 e. The van der Waals surface area contributed by atoms with Gasteiger partial charge in [0.05, 0.1) is 10.0 Å². The van der Waals surface area contributed by atoms with Crippen molar-refractivity contribution in [2.45, 2.75) is 24.8 Å². The minimum absolute atomic E-state index is 0.607. The summed E-state index contributed by atoms with van der Waals surface area (Å²) in [5.41, 5.74) is 6.74. The fourth-order valence-corrected chi connectivity index (χ4v) is 5.05. The van der Waals surface area contributed by atoms with Gasteiger partial charge in [0.25, 0.3) is 0 Å². The molecular weight excluding hydrogens is 327 g/mol. The summed E-state index contributed by atoms with van der Waals surface area (Å²) in [6, 6.07) is 11.3. The summed E-state index contributed by atoms with van der Waals surface area (Å²) in [6.07, 6.45) is 2.39. The topological polar surface area (TPSA) is 15.3 Å². The molecule has 3 aliphatic rings. The average molecular weight is 345 g/mol. The van der Waals surface area contributed by atoms with Crippen LogP contribution in [0.3, 0.4) is 0 Å². The molecule has 0 aliphatic carbocycles. The Morgan fingerprint density at radius 2 is 2.09 bits per heavy atom. The summed E-state index contributed by atoms with van der Waals surface area (Å²) in [7, 11) is 0. The minimum Gasteiger partial charge on any atom is -0.367 e. The van der Waals surface area contributed by atoms with Crippen LogP contribution < -0.4 is 10.2 Å². The first kappa shape index (κ1) is 14.2. The number of benzene rings is 2. The number of nitrogens with zero attached hydrogens (tertiary/aromatic N) is 1. The van der Waals surface area contributed by atoms with Gasteiger partial charge in [-0.3, -0.25) is 0 Å². The SMILES string of the molecule is Clc1cccc(-c2cc3c4c(c2)[C@@H]2CNCC[C@@H]2N4CC3)c1Cl. The van der Waals surface area contributed by atoms with Gasteiger partial charge < -0.3 is 10.2 Å². The van der Waals surface area contributed by atoms with Gasteiger partial charge in [-0.2, -0.15) is 0 Å². The maximum atomic E-state index is 6.47. The van der Waals surface area contributed by atoms with Crippen molar-refractivity contribution in [2.24, 2.45) is 0 Å². The molecule has 2 nitrogen and oxygen atoms in total. The molecule has 3 aliphatic heterocycles. The van der Waals surface area contributed by atoms with Gasteiger partial charge in [-0.25, -0.2) is 0 Å². The normalized spacial score (nSPS) is 24.7. The molecule has 0 aromatic heterocycles. The van der Waals surface area contributed by atoms with Crippen molar-refractivity contribution in [2.75, 3.05) is 24.5 Å². The van der Waals surface area contributed by atoms with Crippen LogP contribution >= 0.6 is 23.2 Å². The van der Waals surface area contributed by atoms with Crippen LogP contribution in [0.4, 0.5) is 5.69 Å². The van der Waals surface area contributed by atoms with Gasteiger partial charge in [-0.15, -0.1) is 0 Å². The Bertz CT molecular complexity index is 802. The highest BCUT2D eigenvalue weighted by atomic mass is 35.5. The van der Waals surface area contributed by atoms with E-state index in [-0.39, 0.29) is 0 Å². The molecule has 0 amide bonds. The molecule has 1 N–H and O–H groups in total. The fourth-order valence-electron chi connectivity index (χ4n) is 4.64. The van der Waals surface area contributed by atoms with Gasteiger partial charge in [0, 0.05) is 36.3 Å². The molecular formula is C19H18Cl2N2. The molecule has 5 rings (SSSR count). The van der Waals surface area contributed by atoms with Crippen LogP contribution in [0.2, 0.25) is 10.0 Å². The summed E-state index contributed by atoms with van der Waals surface area (Å²) in [5.74, 6) is 0.607. The highest BCUT2D eigenvalue weighted by Gasteiger charge is 2.43. The quantitative estimate of drug-likeness (QED) is 0.820. The maximum absolute atomic E-state index is 6.47. The van der Waals surface area contributed by atoms with E-state index < -0.39 is 0 Å². The van der Waals surface area contributed by atoms with Gasteiger partial charge in [0.15, 0.2) is 0 Å². The lowest BCUT2D eigenvalue weighted by molar-refractivity contribution is 0.405. The summed E-state index contributed by atoms with van der Waals surface area (Å²) in [4.78, 5) is 2.65. The Hall–Kier alpha value is -1.22. The predicted octanol–water partition coefficient (Wildman–Crippen LogP) is 4.48. The molecule has 2 aromatic rings. The number of hydrogen-bond donors (Lipinski definition) is 1. The lowest BCUT2D eigenvalue weighted by atomic mass is 9.87. The highest BCUT2D eigenvalue weighted by Crippen LogP contribution is 2.50. The van der Waals surface area contributed by atoms with E-state index in [1.54, 1.807) is 0 Å². The van der Waals surface area contributed by atoms with Gasteiger partial charge >= 0.3 is 0 Å². The Balaban J connectivity index is 1.69. The number of rotatable bonds is 1. The van der Waals surface area contributed by atoms with Crippen molar-refractivity contribution < 1.29 is 0 Å². The minimum atomic E-state index is 0.607. The molecule has 118 valence electrons. The van der Waals surface area contributed by atoms with Gasteiger partial charge in [-0.1, -0.05) is 35.3 Å². The van der Waals surface area contributed by atoms with E-state index in [1.165, 1.54) is 28.8 Å². The van der Waals surface area contributed by atoms with Crippen molar-refractivity contribution in [1.82, 2.24) is 5.32 Å². The summed E-state index contributed by atoms with van der Waals surface area (Å²) < 4.78 is 0. The molecule has 0 radical (unpaired) electrons. The molecule has 0 bridgehead atoms. The molecule has 0 unspecified atom stereocenters. The summed E-state index contributed by atoms with van der Waals surface area (Å²) in [5, 5.41) is 4.85. The predicted molar refractivity (Wildman–Crippen MR) is 97.0 cm³/mol. The van der Waals surface area contributed by atoms with Gasteiger partial charge in [-0.05, 0) is 54.3 Å². The number of fused-ring (bicyclic) bond motifs is 3. The standard InChI is InChI=1S/C19H18Cl2N2/c20-16-3-1-2-13(18(16)21)12-8-11-5-7-23-17-4-6-22-10-15(17)14(9-12)19(11)23/h1-3,8-9,15,17,22H,4-7,10H2/t15-,17-/m0/s1. The van der Waals surface area contributed by atoms with Crippen LogP contribution in [0.25, 0.3) is 11.1 Å². The lowest BCUT2D eigenvalue weighted by Gasteiger charge is -2.32. The molecule has 2 atom stereocenters. The van der Waals surface area contributed by atoms with Crippen LogP contribution in [0, 0.1) is 0 Å². The average Bonchev–Trinajstić information content (AvgIpc) is 3.13. The second kappa shape index (κ2) is 5.14. The van der Waals surface area contributed by atoms with E-state index in [0.29, 0.717) is 22.0 Å². The second-order valence-corrected chi connectivity index (χ2v) is 7.57. The van der Waals surface area contributed by atoms with Crippen molar-refractivity contribution in [1.29, 1.82) is 0 Å². The first-order chi connectivity index (χ1) is 11.2. The molecule has 1 fully saturated rings. The molecule has 0 spiro atoms. The molecule has 1 saturated heterocycles. The van der Waals surface area contributed by atoms with E-state index in [2.05, 4.69) is 28.4 Å². The highest BCUT2D eigenvalue weighted by molar-refractivity contribution is 6.43. The first-order valence-electron chi connectivity index (χ1n) is 8.32. The molecule has 3 heterocycles. The van der Waals surface area contributed by atoms with Gasteiger partial charge in [0.1, 0.15) is 0 Å². The Kier molecular flexibility index (Phi) is 3.16. The van der Waals surface area contributed by atoms with Crippen LogP contribution in [0.15, 0.2) is 30.3 Å². The first-order valence-corrected chi connectivity index (χ1v) is 9.08. The van der Waals surface area contributed by atoms with E-state index in [0.717, 1.165) is 31.6 Å². The molecule has 4 heteroatoms. The van der Waals surface area contributed by atoms with Crippen LogP contribution in [-0.2, 0) is 6.42 Å². The van der Waals surface area contributed by atoms with Crippen LogP contribution in [0.1, 0.15) is 23.5 Å². The van der Waals surface area contributed by atoms with E-state index in [1.807, 2.05) is 12.1 Å². The lowest BCUT2D eigenvalue weighted by Crippen LogP contribution is -2.43. The number of nitrogens with one attached hydrogen (secondary N) is 1. The van der Waals surface area contributed by atoms with E-state index in [4.69, 9.17) is 23.2 Å². The number of anilines is 1. The third-order valence-electron chi connectivity index (χ3n) is 5.64. The Morgan fingerprint density at radius 1 is 1.17 bits per heavy atom. The zero-order chi connectivity index (χ0) is 15.6. The monoisotopic (exact) mass is 344 g/mol. The van der Waals surface area contributed by atoms with Crippen molar-refractivity contribution in [3.05, 3.63) is 51.5 Å². The summed E-state index contributed by atoms with van der Waals surface area (Å²) >= 11 is 12.7. The van der Waals surface area contributed by atoms with Crippen molar-refractivity contribution >= 4 is 28.9 Å². The number of hydrogen-bond acceptors (Lipinski definition) is 2. The zero-order valence-electron chi connectivity index (χ0n) is 12.8. The van der Waals surface area contributed by atoms with Crippen molar-refractivity contribution in [3.63, 3.8) is 0 Å². The van der Waals surface area contributed by atoms with Gasteiger partial charge in [0.2, 0.25) is 0 Å². The maximum Gasteiger partial charge on any atom is 0.0670 e. The zero-order valence-corrected chi connectivity index (χ0v) is 14.3. The van der Waals surface area contributed by atoms with Crippen LogP contribution in [0.5, 0.6) is 0 Å². The van der Waals surface area contributed by atoms with Crippen LogP contribution in [-0.4, -0.2) is 25.7 Å². The number of piperidine rings is 1. The van der Waals surface area contributed by atoms with E-state index in [9.17, 15) is 0 Å². The Labute approximate surface area is 146 Å².